The molecule has 8 nitrogen and oxygen atoms in total. The van der Waals surface area contributed by atoms with Crippen LogP contribution in [0.4, 0.5) is 0 Å². The van der Waals surface area contributed by atoms with Crippen molar-refractivity contribution < 1.29 is 28.6 Å². The van der Waals surface area contributed by atoms with Crippen molar-refractivity contribution in [1.29, 1.82) is 0 Å². The average molecular weight is 412 g/mol. The number of esters is 1. The van der Waals surface area contributed by atoms with Crippen molar-refractivity contribution in [3.05, 3.63) is 53.6 Å². The molecule has 1 saturated heterocycles. The lowest BCUT2D eigenvalue weighted by atomic mass is 10.1. The summed E-state index contributed by atoms with van der Waals surface area (Å²) in [5.74, 6) is 0.656. The Morgan fingerprint density at radius 1 is 0.733 bits per heavy atom. The van der Waals surface area contributed by atoms with E-state index in [2.05, 4.69) is 0 Å². The highest BCUT2D eigenvalue weighted by Crippen LogP contribution is 2.24. The van der Waals surface area contributed by atoms with Crippen molar-refractivity contribution in [2.75, 3.05) is 40.4 Å². The Balaban J connectivity index is 1.65. The molecule has 1 heterocycles. The summed E-state index contributed by atoms with van der Waals surface area (Å²) in [6.45, 7) is 2.94. The van der Waals surface area contributed by atoms with E-state index < -0.39 is 5.97 Å². The predicted molar refractivity (Wildman–Crippen MR) is 109 cm³/mol. The lowest BCUT2D eigenvalue weighted by molar-refractivity contribution is -0.131. The third-order valence-electron chi connectivity index (χ3n) is 4.80. The van der Waals surface area contributed by atoms with E-state index in [0.29, 0.717) is 54.6 Å². The van der Waals surface area contributed by atoms with Crippen LogP contribution < -0.4 is 14.2 Å². The van der Waals surface area contributed by atoms with Gasteiger partial charge >= 0.3 is 5.97 Å². The van der Waals surface area contributed by atoms with Crippen LogP contribution in [-0.2, 0) is 4.79 Å². The van der Waals surface area contributed by atoms with E-state index in [1.54, 1.807) is 52.3 Å². The summed E-state index contributed by atoms with van der Waals surface area (Å²) < 4.78 is 15.5. The van der Waals surface area contributed by atoms with Gasteiger partial charge < -0.3 is 24.0 Å². The summed E-state index contributed by atoms with van der Waals surface area (Å²) in [5, 5.41) is 0. The smallest absolute Gasteiger partial charge is 0.308 e. The quantitative estimate of drug-likeness (QED) is 0.553. The molecule has 0 atom stereocenters. The number of nitrogens with zero attached hydrogens (tertiary/aromatic N) is 2. The van der Waals surface area contributed by atoms with Crippen LogP contribution in [0.5, 0.6) is 17.2 Å². The maximum atomic E-state index is 12.9. The number of rotatable bonds is 5. The van der Waals surface area contributed by atoms with Gasteiger partial charge in [-0.1, -0.05) is 6.07 Å². The number of piperazine rings is 1. The van der Waals surface area contributed by atoms with Crippen LogP contribution in [0.3, 0.4) is 0 Å². The molecule has 1 aliphatic heterocycles. The van der Waals surface area contributed by atoms with Crippen molar-refractivity contribution in [3.63, 3.8) is 0 Å². The van der Waals surface area contributed by atoms with E-state index in [4.69, 9.17) is 14.2 Å². The van der Waals surface area contributed by atoms with E-state index in [9.17, 15) is 14.4 Å². The van der Waals surface area contributed by atoms with Crippen LogP contribution in [0.2, 0.25) is 0 Å². The first kappa shape index (κ1) is 21.2. The second kappa shape index (κ2) is 9.30. The fourth-order valence-electron chi connectivity index (χ4n) is 3.27. The van der Waals surface area contributed by atoms with Crippen molar-refractivity contribution in [2.45, 2.75) is 6.92 Å². The Bertz CT molecular complexity index is 928. The molecule has 0 aromatic heterocycles. The minimum atomic E-state index is -0.444. The van der Waals surface area contributed by atoms with Gasteiger partial charge in [0.1, 0.15) is 17.2 Å². The van der Waals surface area contributed by atoms with Crippen LogP contribution in [0, 0.1) is 0 Å². The zero-order chi connectivity index (χ0) is 21.7. The number of hydrogen-bond donors (Lipinski definition) is 0. The van der Waals surface area contributed by atoms with E-state index in [0.717, 1.165) is 0 Å². The number of carbonyl (C=O) groups is 3. The summed E-state index contributed by atoms with van der Waals surface area (Å²) in [6.07, 6.45) is 0. The van der Waals surface area contributed by atoms with Gasteiger partial charge in [0, 0.05) is 50.3 Å². The monoisotopic (exact) mass is 412 g/mol. The lowest BCUT2D eigenvalue weighted by Crippen LogP contribution is -2.50. The molecule has 30 heavy (non-hydrogen) atoms. The molecule has 2 amide bonds. The second-order valence-corrected chi connectivity index (χ2v) is 6.81. The maximum Gasteiger partial charge on any atom is 0.308 e. The third kappa shape index (κ3) is 4.89. The molecule has 8 heteroatoms. The third-order valence-corrected chi connectivity index (χ3v) is 4.80. The highest BCUT2D eigenvalue weighted by Gasteiger charge is 2.26. The molecular weight excluding hydrogens is 388 g/mol. The van der Waals surface area contributed by atoms with Crippen LogP contribution in [0.25, 0.3) is 0 Å². The van der Waals surface area contributed by atoms with E-state index in [1.165, 1.54) is 21.1 Å². The van der Waals surface area contributed by atoms with Crippen LogP contribution in [-0.4, -0.2) is 68.0 Å². The van der Waals surface area contributed by atoms with Crippen molar-refractivity contribution in [3.8, 4) is 17.2 Å². The molecule has 0 spiro atoms. The summed E-state index contributed by atoms with van der Waals surface area (Å²) in [4.78, 5) is 40.2. The Morgan fingerprint density at radius 2 is 1.23 bits per heavy atom. The summed E-state index contributed by atoms with van der Waals surface area (Å²) in [5.41, 5.74) is 0.908. The van der Waals surface area contributed by atoms with Gasteiger partial charge in [-0.3, -0.25) is 14.4 Å². The van der Waals surface area contributed by atoms with Gasteiger partial charge in [-0.15, -0.1) is 0 Å². The SMILES string of the molecule is COc1cc(OC)cc(C(=O)N2CCN(C(=O)c3cccc(OC(C)=O)c3)CC2)c1. The largest absolute Gasteiger partial charge is 0.497 e. The number of hydrogen-bond acceptors (Lipinski definition) is 6. The molecule has 0 aliphatic carbocycles. The Labute approximate surface area is 174 Å². The minimum Gasteiger partial charge on any atom is -0.497 e. The predicted octanol–water partition coefficient (Wildman–Crippen LogP) is 2.23. The number of methoxy groups -OCH3 is 2. The molecule has 0 bridgehead atoms. The fraction of sp³-hybridized carbons (Fsp3) is 0.318. The van der Waals surface area contributed by atoms with Crippen LogP contribution in [0.1, 0.15) is 27.6 Å². The molecule has 0 N–H and O–H groups in total. The zero-order valence-electron chi connectivity index (χ0n) is 17.2. The highest BCUT2D eigenvalue weighted by atomic mass is 16.5. The zero-order valence-corrected chi connectivity index (χ0v) is 17.2. The van der Waals surface area contributed by atoms with Gasteiger partial charge in [-0.05, 0) is 30.3 Å². The van der Waals surface area contributed by atoms with Gasteiger partial charge in [0.25, 0.3) is 11.8 Å². The Kier molecular flexibility index (Phi) is 6.56. The molecule has 2 aromatic rings. The molecule has 158 valence electrons. The van der Waals surface area contributed by atoms with Crippen LogP contribution in [0.15, 0.2) is 42.5 Å². The van der Waals surface area contributed by atoms with Crippen molar-refractivity contribution in [1.82, 2.24) is 9.80 Å². The maximum absolute atomic E-state index is 12.9. The van der Waals surface area contributed by atoms with Gasteiger partial charge in [0.15, 0.2) is 0 Å². The van der Waals surface area contributed by atoms with Gasteiger partial charge in [-0.25, -0.2) is 0 Å². The molecule has 0 saturated carbocycles. The minimum absolute atomic E-state index is 0.142. The molecule has 3 rings (SSSR count). The van der Waals surface area contributed by atoms with E-state index >= 15 is 0 Å². The molecule has 1 fully saturated rings. The van der Waals surface area contributed by atoms with Gasteiger partial charge in [0.2, 0.25) is 0 Å². The number of carbonyl (C=O) groups excluding carboxylic acids is 3. The van der Waals surface area contributed by atoms with Crippen molar-refractivity contribution in [2.24, 2.45) is 0 Å². The van der Waals surface area contributed by atoms with Crippen LogP contribution >= 0.6 is 0 Å². The molecule has 1 aliphatic rings. The van der Waals surface area contributed by atoms with Gasteiger partial charge in [-0.2, -0.15) is 0 Å². The average Bonchev–Trinajstić information content (AvgIpc) is 2.77. The first-order valence-electron chi connectivity index (χ1n) is 9.51. The Morgan fingerprint density at radius 3 is 1.73 bits per heavy atom. The summed E-state index contributed by atoms with van der Waals surface area (Å²) in [7, 11) is 3.06. The second-order valence-electron chi connectivity index (χ2n) is 6.81. The Hall–Kier alpha value is -3.55. The van der Waals surface area contributed by atoms with Gasteiger partial charge in [0.05, 0.1) is 14.2 Å². The summed E-state index contributed by atoms with van der Waals surface area (Å²) >= 11 is 0. The van der Waals surface area contributed by atoms with Crippen molar-refractivity contribution >= 4 is 17.8 Å². The lowest BCUT2D eigenvalue weighted by Gasteiger charge is -2.35. The molecule has 0 radical (unpaired) electrons. The molecule has 2 aromatic carbocycles. The topological polar surface area (TPSA) is 85.4 Å². The highest BCUT2D eigenvalue weighted by molar-refractivity contribution is 5.96. The normalized spacial score (nSPS) is 13.6. The van der Waals surface area contributed by atoms with E-state index in [-0.39, 0.29) is 11.8 Å². The molecule has 0 unspecified atom stereocenters. The first-order valence-corrected chi connectivity index (χ1v) is 9.51. The number of ether oxygens (including phenoxy) is 3. The van der Waals surface area contributed by atoms with E-state index in [1.807, 2.05) is 0 Å². The number of benzene rings is 2. The first-order chi connectivity index (χ1) is 14.4. The number of amides is 2. The fourth-order valence-corrected chi connectivity index (χ4v) is 3.27. The molecular formula is C22H24N2O6. The summed E-state index contributed by atoms with van der Waals surface area (Å²) in [6, 6.07) is 11.6. The standard InChI is InChI=1S/C22H24N2O6/c1-15(25)30-18-6-4-5-16(11-18)21(26)23-7-9-24(10-8-23)22(27)17-12-19(28-2)14-20(13-17)29-3/h4-6,11-14H,7-10H2,1-3H3.